The van der Waals surface area contributed by atoms with Crippen LogP contribution >= 0.6 is 0 Å². The van der Waals surface area contributed by atoms with E-state index in [0.717, 1.165) is 11.0 Å². The van der Waals surface area contributed by atoms with Crippen LogP contribution in [0.5, 0.6) is 0 Å². The fraction of sp³-hybridized carbons (Fsp3) is 0.471. The molecule has 0 unspecified atom stereocenters. The first-order chi connectivity index (χ1) is 17.2. The van der Waals surface area contributed by atoms with Gasteiger partial charge in [-0.25, -0.2) is 4.48 Å². The van der Waals surface area contributed by atoms with Crippen LogP contribution in [-0.2, 0) is 19.3 Å². The van der Waals surface area contributed by atoms with Gasteiger partial charge >= 0.3 is 0 Å². The maximum Gasteiger partial charge on any atom is 0.146 e. The van der Waals surface area contributed by atoms with E-state index >= 15 is 0 Å². The Morgan fingerprint density at radius 3 is 1.49 bits per heavy atom. The highest BCUT2D eigenvalue weighted by atomic mass is 15.4. The maximum absolute atomic E-state index is 2.51. The molecule has 0 saturated heterocycles. The molecule has 3 aromatic rings. The Morgan fingerprint density at radius 2 is 0.971 bits per heavy atom. The van der Waals surface area contributed by atoms with Crippen molar-refractivity contribution in [3.05, 3.63) is 89.5 Å². The molecule has 3 aromatic carbocycles. The molecular formula is C34H48N+. The van der Waals surface area contributed by atoms with Crippen LogP contribution in [-0.4, -0.2) is 6.54 Å². The molecule has 0 radical (unpaired) electrons. The van der Waals surface area contributed by atoms with Crippen molar-refractivity contribution in [3.8, 4) is 0 Å². The normalized spacial score (nSPS) is 11.7. The molecule has 1 heteroatoms. The van der Waals surface area contributed by atoms with Crippen LogP contribution in [0.3, 0.4) is 0 Å². The molecule has 0 aliphatic rings. The number of benzene rings is 3. The van der Waals surface area contributed by atoms with Crippen molar-refractivity contribution in [1.82, 2.24) is 4.48 Å². The van der Waals surface area contributed by atoms with E-state index in [4.69, 9.17) is 0 Å². The van der Waals surface area contributed by atoms with Gasteiger partial charge in [-0.05, 0) is 80.3 Å². The summed E-state index contributed by atoms with van der Waals surface area (Å²) >= 11 is 0. The van der Waals surface area contributed by atoms with Gasteiger partial charge in [0.2, 0.25) is 0 Å². The van der Waals surface area contributed by atoms with Crippen molar-refractivity contribution in [3.63, 3.8) is 0 Å². The third-order valence-electron chi connectivity index (χ3n) is 7.52. The second-order valence-corrected chi connectivity index (χ2v) is 10.1. The molecule has 0 heterocycles. The zero-order valence-corrected chi connectivity index (χ0v) is 22.9. The Balaban J connectivity index is 2.36. The number of para-hydroxylation sites is 2. The van der Waals surface area contributed by atoms with E-state index in [1.807, 2.05) is 0 Å². The SMILES string of the molecule is CCCCc1ccc([N+](CCCC)(c2ccccc2)c2ccccc2)c(CCCC)c1CCCC. The molecule has 0 spiro atoms. The monoisotopic (exact) mass is 470 g/mol. The lowest BCUT2D eigenvalue weighted by Crippen LogP contribution is -2.41. The summed E-state index contributed by atoms with van der Waals surface area (Å²) in [4.78, 5) is 0. The molecule has 0 N–H and O–H groups in total. The predicted molar refractivity (Wildman–Crippen MR) is 156 cm³/mol. The third-order valence-corrected chi connectivity index (χ3v) is 7.52. The van der Waals surface area contributed by atoms with E-state index in [9.17, 15) is 0 Å². The van der Waals surface area contributed by atoms with Crippen molar-refractivity contribution in [2.45, 2.75) is 98.3 Å². The summed E-state index contributed by atoms with van der Waals surface area (Å²) in [5.74, 6) is 0. The lowest BCUT2D eigenvalue weighted by molar-refractivity contribution is 0.489. The van der Waals surface area contributed by atoms with Crippen LogP contribution in [0.25, 0.3) is 0 Å². The first-order valence-corrected chi connectivity index (χ1v) is 14.4. The van der Waals surface area contributed by atoms with Crippen LogP contribution in [0.2, 0.25) is 0 Å². The van der Waals surface area contributed by atoms with Gasteiger partial charge in [0.1, 0.15) is 17.1 Å². The maximum atomic E-state index is 2.51. The summed E-state index contributed by atoms with van der Waals surface area (Å²) in [6, 6.07) is 27.6. The average Bonchev–Trinajstić information content (AvgIpc) is 2.91. The molecule has 0 aromatic heterocycles. The van der Waals surface area contributed by atoms with E-state index < -0.39 is 0 Å². The smallest absolute Gasteiger partial charge is 0.146 e. The van der Waals surface area contributed by atoms with Crippen molar-refractivity contribution >= 4 is 17.1 Å². The van der Waals surface area contributed by atoms with Crippen molar-refractivity contribution in [1.29, 1.82) is 0 Å². The van der Waals surface area contributed by atoms with Gasteiger partial charge in [-0.3, -0.25) is 0 Å². The second-order valence-electron chi connectivity index (χ2n) is 10.1. The molecule has 0 fully saturated rings. The highest BCUT2D eigenvalue weighted by Gasteiger charge is 2.38. The lowest BCUT2D eigenvalue weighted by Gasteiger charge is -2.39. The molecule has 0 bridgehead atoms. The highest BCUT2D eigenvalue weighted by molar-refractivity contribution is 5.74. The minimum atomic E-state index is 0.821. The van der Waals surface area contributed by atoms with Gasteiger partial charge in [-0.2, -0.15) is 0 Å². The van der Waals surface area contributed by atoms with Crippen molar-refractivity contribution in [2.24, 2.45) is 0 Å². The molecule has 0 saturated carbocycles. The summed E-state index contributed by atoms with van der Waals surface area (Å²) in [6.45, 7) is 10.4. The van der Waals surface area contributed by atoms with Crippen LogP contribution in [0.15, 0.2) is 72.8 Å². The summed E-state index contributed by atoms with van der Waals surface area (Å²) < 4.78 is 0.821. The fourth-order valence-corrected chi connectivity index (χ4v) is 5.55. The molecule has 0 atom stereocenters. The van der Waals surface area contributed by atoms with Crippen LogP contribution in [0.4, 0.5) is 17.1 Å². The van der Waals surface area contributed by atoms with Gasteiger partial charge in [-0.1, -0.05) is 95.8 Å². The molecule has 0 aliphatic carbocycles. The Bertz CT molecular complexity index is 950. The first kappa shape index (κ1) is 27.2. The number of hydrogen-bond acceptors (Lipinski definition) is 0. The Kier molecular flexibility index (Phi) is 11.1. The van der Waals surface area contributed by atoms with E-state index in [2.05, 4.69) is 100 Å². The number of hydrogen-bond donors (Lipinski definition) is 0. The molecule has 188 valence electrons. The average molecular weight is 471 g/mol. The van der Waals surface area contributed by atoms with E-state index in [0.29, 0.717) is 0 Å². The largest absolute Gasteiger partial charge is 0.226 e. The third kappa shape index (κ3) is 6.44. The summed E-state index contributed by atoms with van der Waals surface area (Å²) in [5.41, 5.74) is 9.18. The zero-order chi connectivity index (χ0) is 24.9. The molecule has 3 rings (SSSR count). The van der Waals surface area contributed by atoms with Crippen LogP contribution in [0.1, 0.15) is 95.8 Å². The van der Waals surface area contributed by atoms with E-state index in [-0.39, 0.29) is 0 Å². The number of unbranched alkanes of at least 4 members (excludes halogenated alkanes) is 4. The summed E-state index contributed by atoms with van der Waals surface area (Å²) in [5, 5.41) is 0. The number of aryl methyl sites for hydroxylation is 1. The number of rotatable bonds is 15. The number of nitrogens with zero attached hydrogens (tertiary/aromatic N) is 1. The molecule has 1 nitrogen and oxygen atoms in total. The van der Waals surface area contributed by atoms with E-state index in [1.165, 1.54) is 87.7 Å². The molecule has 0 aliphatic heterocycles. The second kappa shape index (κ2) is 14.2. The van der Waals surface area contributed by atoms with Crippen LogP contribution < -0.4 is 4.48 Å². The topological polar surface area (TPSA) is 0 Å². The van der Waals surface area contributed by atoms with Gasteiger partial charge in [0, 0.05) is 11.6 Å². The molecular weight excluding hydrogens is 422 g/mol. The summed E-state index contributed by atoms with van der Waals surface area (Å²) in [7, 11) is 0. The lowest BCUT2D eigenvalue weighted by atomic mass is 9.88. The fourth-order valence-electron chi connectivity index (χ4n) is 5.55. The predicted octanol–water partition coefficient (Wildman–Crippen LogP) is 10.5. The summed E-state index contributed by atoms with van der Waals surface area (Å²) in [6.07, 6.45) is 13.5. The Hall–Kier alpha value is -2.38. The van der Waals surface area contributed by atoms with Gasteiger partial charge in [0.15, 0.2) is 0 Å². The quantitative estimate of drug-likeness (QED) is 0.194. The van der Waals surface area contributed by atoms with Crippen molar-refractivity contribution < 1.29 is 0 Å². The Labute approximate surface area is 215 Å². The minimum Gasteiger partial charge on any atom is -0.226 e. The van der Waals surface area contributed by atoms with Gasteiger partial charge < -0.3 is 0 Å². The number of quaternary nitrogens is 1. The minimum absolute atomic E-state index is 0.821. The van der Waals surface area contributed by atoms with Gasteiger partial charge in [0.25, 0.3) is 0 Å². The molecule has 35 heavy (non-hydrogen) atoms. The van der Waals surface area contributed by atoms with Crippen molar-refractivity contribution in [2.75, 3.05) is 6.54 Å². The highest BCUT2D eigenvalue weighted by Crippen LogP contribution is 2.47. The molecule has 0 amide bonds. The van der Waals surface area contributed by atoms with E-state index in [1.54, 1.807) is 16.7 Å². The van der Waals surface area contributed by atoms with Crippen LogP contribution in [0, 0.1) is 0 Å². The Morgan fingerprint density at radius 1 is 0.486 bits per heavy atom. The van der Waals surface area contributed by atoms with Gasteiger partial charge in [0.05, 0.1) is 6.54 Å². The zero-order valence-electron chi connectivity index (χ0n) is 22.9. The van der Waals surface area contributed by atoms with Gasteiger partial charge in [-0.15, -0.1) is 0 Å². The standard InChI is InChI=1S/C34H48N/c1-5-9-19-29-26-27-34(33(25-11-7-3)32(29)24-10-6-2)35(28-12-8-4,30-20-15-13-16-21-30)31-22-17-14-18-23-31/h13-18,20-23,26-27H,5-12,19,24-25,28H2,1-4H3/q+1. The first-order valence-electron chi connectivity index (χ1n) is 14.4.